The Hall–Kier alpha value is -1.14. The first kappa shape index (κ1) is 12.3. The van der Waals surface area contributed by atoms with E-state index in [4.69, 9.17) is 9.84 Å². The molecule has 0 amide bonds. The third-order valence-corrected chi connectivity index (χ3v) is 4.40. The molecule has 1 fully saturated rings. The molecular formula is C11H13FO4S. The second-order valence-electron chi connectivity index (χ2n) is 4.07. The van der Waals surface area contributed by atoms with Crippen LogP contribution < -0.4 is 4.74 Å². The molecule has 1 aliphatic heterocycles. The minimum atomic E-state index is -3.03. The summed E-state index contributed by atoms with van der Waals surface area (Å²) < 4.78 is 41.2. The molecule has 1 aromatic rings. The standard InChI is InChI=1S/C11H13FO4S/c12-10-5-8(6-13)1-2-11(10)16-9-3-4-17(14,15)7-9/h1-2,5,9,13H,3-4,6-7H2. The Balaban J connectivity index is 2.09. The highest BCUT2D eigenvalue weighted by Crippen LogP contribution is 2.23. The Bertz CT molecular complexity index is 512. The zero-order valence-electron chi connectivity index (χ0n) is 9.10. The van der Waals surface area contributed by atoms with Gasteiger partial charge in [-0.1, -0.05) is 6.07 Å². The van der Waals surface area contributed by atoms with Gasteiger partial charge in [0.2, 0.25) is 0 Å². The molecule has 2 rings (SSSR count). The SMILES string of the molecule is O=S1(=O)CCC(Oc2ccc(CO)cc2F)C1. The van der Waals surface area contributed by atoms with Crippen LogP contribution in [-0.4, -0.2) is 31.1 Å². The second kappa shape index (κ2) is 4.62. The molecule has 1 saturated heterocycles. The molecule has 1 heterocycles. The van der Waals surface area contributed by atoms with Crippen molar-refractivity contribution < 1.29 is 22.7 Å². The van der Waals surface area contributed by atoms with Gasteiger partial charge in [0.15, 0.2) is 21.4 Å². The van der Waals surface area contributed by atoms with Crippen molar-refractivity contribution >= 4 is 9.84 Å². The van der Waals surface area contributed by atoms with Crippen LogP contribution in [0.4, 0.5) is 4.39 Å². The van der Waals surface area contributed by atoms with Crippen molar-refractivity contribution in [3.8, 4) is 5.75 Å². The molecule has 1 atom stereocenters. The third-order valence-electron chi connectivity index (χ3n) is 2.66. The molecule has 1 aromatic carbocycles. The quantitative estimate of drug-likeness (QED) is 0.876. The molecule has 94 valence electrons. The van der Waals surface area contributed by atoms with E-state index in [9.17, 15) is 12.8 Å². The minimum absolute atomic E-state index is 0.0318. The average molecular weight is 260 g/mol. The van der Waals surface area contributed by atoms with Crippen LogP contribution in [0.5, 0.6) is 5.75 Å². The summed E-state index contributed by atoms with van der Waals surface area (Å²) in [6.07, 6.45) is -0.0850. The Morgan fingerprint density at radius 1 is 1.47 bits per heavy atom. The summed E-state index contributed by atoms with van der Waals surface area (Å²) in [7, 11) is -3.03. The summed E-state index contributed by atoms with van der Waals surface area (Å²) in [4.78, 5) is 0. The minimum Gasteiger partial charge on any atom is -0.486 e. The summed E-state index contributed by atoms with van der Waals surface area (Å²) in [5, 5.41) is 8.82. The molecule has 0 bridgehead atoms. The highest BCUT2D eigenvalue weighted by Gasteiger charge is 2.29. The highest BCUT2D eigenvalue weighted by atomic mass is 32.2. The topological polar surface area (TPSA) is 63.6 Å². The first-order valence-electron chi connectivity index (χ1n) is 5.26. The fourth-order valence-electron chi connectivity index (χ4n) is 1.77. The number of benzene rings is 1. The van der Waals surface area contributed by atoms with Crippen molar-refractivity contribution in [1.82, 2.24) is 0 Å². The lowest BCUT2D eigenvalue weighted by Gasteiger charge is -2.12. The zero-order chi connectivity index (χ0) is 12.5. The fourth-order valence-corrected chi connectivity index (χ4v) is 3.36. The molecule has 6 heteroatoms. The largest absolute Gasteiger partial charge is 0.486 e. The van der Waals surface area contributed by atoms with E-state index >= 15 is 0 Å². The highest BCUT2D eigenvalue weighted by molar-refractivity contribution is 7.91. The molecule has 1 N–H and O–H groups in total. The lowest BCUT2D eigenvalue weighted by atomic mass is 10.2. The first-order chi connectivity index (χ1) is 8.00. The van der Waals surface area contributed by atoms with E-state index < -0.39 is 21.8 Å². The third kappa shape index (κ3) is 2.95. The van der Waals surface area contributed by atoms with Crippen LogP contribution in [0.2, 0.25) is 0 Å². The van der Waals surface area contributed by atoms with E-state index in [-0.39, 0.29) is 23.9 Å². The van der Waals surface area contributed by atoms with Gasteiger partial charge in [0.25, 0.3) is 0 Å². The fraction of sp³-hybridized carbons (Fsp3) is 0.455. The van der Waals surface area contributed by atoms with Gasteiger partial charge in [-0.05, 0) is 24.1 Å². The molecule has 0 spiro atoms. The van der Waals surface area contributed by atoms with Gasteiger partial charge >= 0.3 is 0 Å². The normalized spacial score (nSPS) is 22.6. The number of ether oxygens (including phenoxy) is 1. The van der Waals surface area contributed by atoms with E-state index in [0.717, 1.165) is 0 Å². The van der Waals surface area contributed by atoms with E-state index in [1.165, 1.54) is 12.1 Å². The van der Waals surface area contributed by atoms with Crippen LogP contribution in [-0.2, 0) is 16.4 Å². The van der Waals surface area contributed by atoms with Crippen molar-refractivity contribution in [3.05, 3.63) is 29.6 Å². The van der Waals surface area contributed by atoms with Crippen LogP contribution >= 0.6 is 0 Å². The predicted molar refractivity (Wildman–Crippen MR) is 60.0 cm³/mol. The number of hydrogen-bond donors (Lipinski definition) is 1. The maximum Gasteiger partial charge on any atom is 0.165 e. The van der Waals surface area contributed by atoms with Crippen molar-refractivity contribution in [3.63, 3.8) is 0 Å². The van der Waals surface area contributed by atoms with Crippen molar-refractivity contribution in [2.75, 3.05) is 11.5 Å². The lowest BCUT2D eigenvalue weighted by Crippen LogP contribution is -2.18. The molecule has 0 saturated carbocycles. The lowest BCUT2D eigenvalue weighted by molar-refractivity contribution is 0.218. The Labute approximate surface area is 98.9 Å². The maximum absolute atomic E-state index is 13.5. The number of hydrogen-bond acceptors (Lipinski definition) is 4. The smallest absolute Gasteiger partial charge is 0.165 e. The van der Waals surface area contributed by atoms with Crippen molar-refractivity contribution in [1.29, 1.82) is 0 Å². The van der Waals surface area contributed by atoms with Gasteiger partial charge in [0, 0.05) is 0 Å². The summed E-state index contributed by atoms with van der Waals surface area (Å²) in [6, 6.07) is 4.13. The maximum atomic E-state index is 13.5. The predicted octanol–water partition coefficient (Wildman–Crippen LogP) is 0.884. The summed E-state index contributed by atoms with van der Waals surface area (Å²) in [6.45, 7) is -0.241. The molecule has 1 aliphatic rings. The molecule has 17 heavy (non-hydrogen) atoms. The molecule has 0 aromatic heterocycles. The van der Waals surface area contributed by atoms with Gasteiger partial charge in [0.1, 0.15) is 6.10 Å². The van der Waals surface area contributed by atoms with E-state index in [2.05, 4.69) is 0 Å². The van der Waals surface area contributed by atoms with Gasteiger partial charge in [-0.2, -0.15) is 0 Å². The number of halogens is 1. The van der Waals surface area contributed by atoms with E-state index in [0.29, 0.717) is 12.0 Å². The monoisotopic (exact) mass is 260 g/mol. The average Bonchev–Trinajstić information content (AvgIpc) is 2.61. The van der Waals surface area contributed by atoms with E-state index in [1.54, 1.807) is 6.07 Å². The Kier molecular flexibility index (Phi) is 3.35. The first-order valence-corrected chi connectivity index (χ1v) is 7.09. The zero-order valence-corrected chi connectivity index (χ0v) is 9.91. The van der Waals surface area contributed by atoms with Crippen LogP contribution in [0.1, 0.15) is 12.0 Å². The summed E-state index contributed by atoms with van der Waals surface area (Å²) in [5.41, 5.74) is 0.453. The summed E-state index contributed by atoms with van der Waals surface area (Å²) >= 11 is 0. The number of rotatable bonds is 3. The Morgan fingerprint density at radius 3 is 2.76 bits per heavy atom. The molecule has 0 radical (unpaired) electrons. The van der Waals surface area contributed by atoms with Gasteiger partial charge < -0.3 is 9.84 Å². The van der Waals surface area contributed by atoms with Crippen LogP contribution in [0.15, 0.2) is 18.2 Å². The molecule has 0 aliphatic carbocycles. The second-order valence-corrected chi connectivity index (χ2v) is 6.29. The van der Waals surface area contributed by atoms with Gasteiger partial charge in [-0.25, -0.2) is 12.8 Å². The van der Waals surface area contributed by atoms with Crippen LogP contribution in [0, 0.1) is 5.82 Å². The molecular weight excluding hydrogens is 247 g/mol. The number of sulfone groups is 1. The van der Waals surface area contributed by atoms with Gasteiger partial charge in [0.05, 0.1) is 18.1 Å². The van der Waals surface area contributed by atoms with Gasteiger partial charge in [-0.3, -0.25) is 0 Å². The molecule has 1 unspecified atom stereocenters. The Morgan fingerprint density at radius 2 is 2.24 bits per heavy atom. The van der Waals surface area contributed by atoms with E-state index in [1.807, 2.05) is 0 Å². The van der Waals surface area contributed by atoms with Crippen molar-refractivity contribution in [2.24, 2.45) is 0 Å². The molecule has 4 nitrogen and oxygen atoms in total. The number of aliphatic hydroxyl groups is 1. The van der Waals surface area contributed by atoms with Gasteiger partial charge in [-0.15, -0.1) is 0 Å². The van der Waals surface area contributed by atoms with Crippen LogP contribution in [0.3, 0.4) is 0 Å². The summed E-state index contributed by atoms with van der Waals surface area (Å²) in [5.74, 6) is -0.521. The number of aliphatic hydroxyl groups excluding tert-OH is 1. The van der Waals surface area contributed by atoms with Crippen molar-refractivity contribution in [2.45, 2.75) is 19.1 Å². The van der Waals surface area contributed by atoms with Crippen LogP contribution in [0.25, 0.3) is 0 Å².